The van der Waals surface area contributed by atoms with E-state index in [1.807, 2.05) is 24.5 Å². The summed E-state index contributed by atoms with van der Waals surface area (Å²) in [6.07, 6.45) is 9.09. The molecule has 0 spiro atoms. The molecule has 1 aliphatic heterocycles. The Bertz CT molecular complexity index is 870. The van der Waals surface area contributed by atoms with E-state index < -0.39 is 0 Å². The first kappa shape index (κ1) is 22.8. The van der Waals surface area contributed by atoms with E-state index in [1.54, 1.807) is 7.11 Å². The van der Waals surface area contributed by atoms with Crippen molar-refractivity contribution in [1.82, 2.24) is 14.8 Å². The molecule has 172 valence electrons. The van der Waals surface area contributed by atoms with Gasteiger partial charge in [-0.25, -0.2) is 0 Å². The van der Waals surface area contributed by atoms with E-state index >= 15 is 0 Å². The van der Waals surface area contributed by atoms with Gasteiger partial charge in [0, 0.05) is 44.6 Å². The molecule has 0 N–H and O–H groups in total. The topological polar surface area (TPSA) is 45.7 Å². The zero-order valence-electron chi connectivity index (χ0n) is 19.8. The van der Waals surface area contributed by atoms with Crippen LogP contribution in [0.15, 0.2) is 48.8 Å². The number of rotatable bonds is 8. The number of methoxy groups -OCH3 is 1. The average Bonchev–Trinajstić information content (AvgIpc) is 2.79. The molecular weight excluding hydrogens is 398 g/mol. The van der Waals surface area contributed by atoms with Crippen LogP contribution in [0.2, 0.25) is 0 Å². The molecule has 0 bridgehead atoms. The predicted molar refractivity (Wildman–Crippen MR) is 128 cm³/mol. The zero-order valence-corrected chi connectivity index (χ0v) is 19.8. The van der Waals surface area contributed by atoms with E-state index in [1.165, 1.54) is 12.0 Å². The first-order valence-corrected chi connectivity index (χ1v) is 12.1. The fraction of sp³-hybridized carbons (Fsp3) is 0.556. The third-order valence-corrected chi connectivity index (χ3v) is 7.16. The normalized spacial score (nSPS) is 18.6. The number of hydrogen-bond acceptors (Lipinski definition) is 4. The van der Waals surface area contributed by atoms with Crippen LogP contribution in [0.3, 0.4) is 0 Å². The largest absolute Gasteiger partial charge is 0.497 e. The van der Waals surface area contributed by atoms with Gasteiger partial charge in [-0.2, -0.15) is 0 Å². The van der Waals surface area contributed by atoms with E-state index in [2.05, 4.69) is 52.9 Å². The summed E-state index contributed by atoms with van der Waals surface area (Å²) in [4.78, 5) is 22.7. The van der Waals surface area contributed by atoms with Crippen molar-refractivity contribution in [1.29, 1.82) is 0 Å². The number of pyridine rings is 1. The van der Waals surface area contributed by atoms with Gasteiger partial charge in [0.1, 0.15) is 5.75 Å². The van der Waals surface area contributed by atoms with Crippen molar-refractivity contribution in [3.8, 4) is 5.75 Å². The van der Waals surface area contributed by atoms with Gasteiger partial charge in [0.2, 0.25) is 5.91 Å². The zero-order chi connectivity index (χ0) is 22.6. The van der Waals surface area contributed by atoms with Crippen LogP contribution in [-0.2, 0) is 16.8 Å². The van der Waals surface area contributed by atoms with Crippen molar-refractivity contribution >= 4 is 5.91 Å². The number of carbonyl (C=O) groups is 1. The maximum atomic E-state index is 13.9. The molecule has 0 radical (unpaired) electrons. The SMILES string of the molecule is COc1ccc(C2(C(=O)N3CC(N(Cc4ccncc4)CC(C)C)C3)CCCCC2)cc1. The first-order valence-electron chi connectivity index (χ1n) is 12.1. The van der Waals surface area contributed by atoms with Gasteiger partial charge < -0.3 is 9.64 Å². The van der Waals surface area contributed by atoms with Crippen LogP contribution in [0.4, 0.5) is 0 Å². The molecule has 1 amide bonds. The predicted octanol–water partition coefficient (Wildman–Crippen LogP) is 4.66. The smallest absolute Gasteiger partial charge is 0.233 e. The molecular formula is C27H37N3O2. The number of hydrogen-bond donors (Lipinski definition) is 0. The van der Waals surface area contributed by atoms with Crippen LogP contribution in [0.5, 0.6) is 5.75 Å². The molecule has 5 heteroatoms. The van der Waals surface area contributed by atoms with Crippen LogP contribution in [0.25, 0.3) is 0 Å². The number of likely N-dealkylation sites (tertiary alicyclic amines) is 1. The van der Waals surface area contributed by atoms with Crippen LogP contribution in [0, 0.1) is 5.92 Å². The molecule has 2 aliphatic rings. The van der Waals surface area contributed by atoms with Crippen molar-refractivity contribution in [3.05, 3.63) is 59.9 Å². The summed E-state index contributed by atoms with van der Waals surface area (Å²) < 4.78 is 5.35. The van der Waals surface area contributed by atoms with Crippen molar-refractivity contribution in [2.24, 2.45) is 5.92 Å². The molecule has 4 rings (SSSR count). The quantitative estimate of drug-likeness (QED) is 0.605. The minimum atomic E-state index is -0.372. The van der Waals surface area contributed by atoms with Gasteiger partial charge in [-0.05, 0) is 54.2 Å². The molecule has 1 aromatic carbocycles. The van der Waals surface area contributed by atoms with E-state index in [4.69, 9.17) is 4.74 Å². The molecule has 32 heavy (non-hydrogen) atoms. The molecule has 0 atom stereocenters. The summed E-state index contributed by atoms with van der Waals surface area (Å²) in [5.41, 5.74) is 2.07. The Hall–Kier alpha value is -2.40. The minimum Gasteiger partial charge on any atom is -0.497 e. The summed E-state index contributed by atoms with van der Waals surface area (Å²) in [6, 6.07) is 12.8. The molecule has 5 nitrogen and oxygen atoms in total. The lowest BCUT2D eigenvalue weighted by atomic mass is 9.68. The second-order valence-electron chi connectivity index (χ2n) is 9.91. The van der Waals surface area contributed by atoms with Gasteiger partial charge in [0.05, 0.1) is 12.5 Å². The molecule has 1 saturated carbocycles. The van der Waals surface area contributed by atoms with Crippen molar-refractivity contribution in [2.75, 3.05) is 26.7 Å². The third-order valence-electron chi connectivity index (χ3n) is 7.16. The van der Waals surface area contributed by atoms with Crippen LogP contribution in [-0.4, -0.2) is 53.5 Å². The number of carbonyl (C=O) groups excluding carboxylic acids is 1. The van der Waals surface area contributed by atoms with Crippen molar-refractivity contribution in [3.63, 3.8) is 0 Å². The highest BCUT2D eigenvalue weighted by molar-refractivity contribution is 5.89. The summed E-state index contributed by atoms with van der Waals surface area (Å²) in [7, 11) is 1.69. The van der Waals surface area contributed by atoms with E-state index in [-0.39, 0.29) is 5.41 Å². The number of aromatic nitrogens is 1. The Labute approximate surface area is 192 Å². The molecule has 1 aromatic heterocycles. The highest BCUT2D eigenvalue weighted by Crippen LogP contribution is 2.42. The van der Waals surface area contributed by atoms with Crippen LogP contribution < -0.4 is 4.74 Å². The molecule has 1 aliphatic carbocycles. The third kappa shape index (κ3) is 4.83. The summed E-state index contributed by atoms with van der Waals surface area (Å²) in [5.74, 6) is 1.76. The molecule has 2 heterocycles. The van der Waals surface area contributed by atoms with Crippen molar-refractivity contribution in [2.45, 2.75) is 64.0 Å². The minimum absolute atomic E-state index is 0.326. The second-order valence-corrected chi connectivity index (χ2v) is 9.91. The lowest BCUT2D eigenvalue weighted by Crippen LogP contribution is -2.64. The maximum absolute atomic E-state index is 13.9. The van der Waals surface area contributed by atoms with E-state index in [9.17, 15) is 4.79 Å². The van der Waals surface area contributed by atoms with Gasteiger partial charge in [0.25, 0.3) is 0 Å². The fourth-order valence-electron chi connectivity index (χ4n) is 5.38. The number of nitrogens with zero attached hydrogens (tertiary/aromatic N) is 3. The number of amides is 1. The van der Waals surface area contributed by atoms with Crippen molar-refractivity contribution < 1.29 is 9.53 Å². The molecule has 2 fully saturated rings. The van der Waals surface area contributed by atoms with Gasteiger partial charge >= 0.3 is 0 Å². The first-order chi connectivity index (χ1) is 15.5. The van der Waals surface area contributed by atoms with Crippen LogP contribution >= 0.6 is 0 Å². The molecule has 1 saturated heterocycles. The summed E-state index contributed by atoms with van der Waals surface area (Å²) >= 11 is 0. The Morgan fingerprint density at radius 2 is 1.75 bits per heavy atom. The molecule has 0 unspecified atom stereocenters. The number of benzene rings is 1. The monoisotopic (exact) mass is 435 g/mol. The highest BCUT2D eigenvalue weighted by Gasteiger charge is 2.47. The fourth-order valence-corrected chi connectivity index (χ4v) is 5.38. The molecule has 2 aromatic rings. The lowest BCUT2D eigenvalue weighted by molar-refractivity contribution is -0.147. The van der Waals surface area contributed by atoms with Crippen LogP contribution in [0.1, 0.15) is 57.1 Å². The Balaban J connectivity index is 1.47. The summed E-state index contributed by atoms with van der Waals surface area (Å²) in [5, 5.41) is 0. The second kappa shape index (κ2) is 10.0. The Morgan fingerprint density at radius 1 is 1.09 bits per heavy atom. The number of ether oxygens (including phenoxy) is 1. The average molecular weight is 436 g/mol. The Kier molecular flexibility index (Phi) is 7.14. The van der Waals surface area contributed by atoms with Gasteiger partial charge in [-0.1, -0.05) is 45.2 Å². The lowest BCUT2D eigenvalue weighted by Gasteiger charge is -2.50. The summed E-state index contributed by atoms with van der Waals surface area (Å²) in [6.45, 7) is 8.14. The standard InChI is InChI=1S/C27H37N3O2/c1-21(2)17-29(18-22-11-15-28-16-12-22)24-19-30(20-24)26(31)27(13-5-4-6-14-27)23-7-9-25(32-3)10-8-23/h7-12,15-16,21,24H,4-6,13-14,17-20H2,1-3H3. The van der Waals surface area contributed by atoms with Gasteiger partial charge in [-0.15, -0.1) is 0 Å². The highest BCUT2D eigenvalue weighted by atomic mass is 16.5. The van der Waals surface area contributed by atoms with Gasteiger partial charge in [0.15, 0.2) is 0 Å². The van der Waals surface area contributed by atoms with Gasteiger partial charge in [-0.3, -0.25) is 14.7 Å². The van der Waals surface area contributed by atoms with E-state index in [0.717, 1.165) is 63.2 Å². The Morgan fingerprint density at radius 3 is 2.34 bits per heavy atom. The maximum Gasteiger partial charge on any atom is 0.233 e. The van der Waals surface area contributed by atoms with E-state index in [0.29, 0.717) is 17.9 Å².